The Morgan fingerprint density at radius 1 is 0.969 bits per heavy atom. The van der Waals surface area contributed by atoms with Crippen molar-refractivity contribution in [2.45, 2.75) is 52.5 Å². The number of benzene rings is 1. The van der Waals surface area contributed by atoms with E-state index in [1.165, 1.54) is 5.56 Å². The van der Waals surface area contributed by atoms with Crippen LogP contribution in [0, 0.1) is 0 Å². The number of carbonyl (C=O) groups excluding carboxylic acids is 2. The van der Waals surface area contributed by atoms with Gasteiger partial charge in [0.2, 0.25) is 5.91 Å². The topological polar surface area (TPSA) is 54.8 Å². The molecule has 0 bridgehead atoms. The molecule has 2 amide bonds. The molecule has 6 heteroatoms. The van der Waals surface area contributed by atoms with Crippen molar-refractivity contribution in [3.05, 3.63) is 59.4 Å². The van der Waals surface area contributed by atoms with E-state index in [9.17, 15) is 9.59 Å². The molecule has 0 spiro atoms. The number of nitrogens with zero attached hydrogens (tertiary/aromatic N) is 3. The zero-order valence-electron chi connectivity index (χ0n) is 20.2. The highest BCUT2D eigenvalue weighted by molar-refractivity contribution is 5.96. The van der Waals surface area contributed by atoms with E-state index >= 15 is 0 Å². The summed E-state index contributed by atoms with van der Waals surface area (Å²) in [4.78, 5) is 29.9. The maximum Gasteiger partial charge on any atom is 0.254 e. The van der Waals surface area contributed by atoms with Gasteiger partial charge in [0.25, 0.3) is 5.91 Å². The van der Waals surface area contributed by atoms with Gasteiger partial charge in [0, 0.05) is 44.7 Å². The summed E-state index contributed by atoms with van der Waals surface area (Å²) < 4.78 is 7.24. The van der Waals surface area contributed by atoms with Crippen molar-refractivity contribution in [3.8, 4) is 0 Å². The van der Waals surface area contributed by atoms with E-state index in [-0.39, 0.29) is 18.4 Å². The Balaban J connectivity index is 2.12. The van der Waals surface area contributed by atoms with E-state index in [2.05, 4.69) is 13.8 Å². The number of aromatic nitrogens is 1. The maximum atomic E-state index is 13.3. The summed E-state index contributed by atoms with van der Waals surface area (Å²) in [5.74, 6) is -0.171. The van der Waals surface area contributed by atoms with Crippen LogP contribution in [0.15, 0.2) is 42.6 Å². The summed E-state index contributed by atoms with van der Waals surface area (Å²) in [5, 5.41) is 0. The standard InChI is InChI=1S/C26H39N3O3/c1-5-7-10-22-12-14-23(15-13-22)26(31)29(18-19-32-4)21-25(30)28(17-8-6-2)20-24-11-9-16-27(24)3/h9,11-16H,5-8,10,17-21H2,1-4H3. The molecule has 2 rings (SSSR count). The predicted octanol–water partition coefficient (Wildman–Crippen LogP) is 4.29. The molecular formula is C26H39N3O3. The number of methoxy groups -OCH3 is 1. The first-order valence-corrected chi connectivity index (χ1v) is 11.7. The molecular weight excluding hydrogens is 402 g/mol. The second kappa shape index (κ2) is 13.7. The van der Waals surface area contributed by atoms with Gasteiger partial charge in [0.05, 0.1) is 13.2 Å². The third-order valence-electron chi connectivity index (χ3n) is 5.74. The molecule has 1 heterocycles. The van der Waals surface area contributed by atoms with Crippen LogP contribution in [0.1, 0.15) is 61.1 Å². The maximum absolute atomic E-state index is 13.3. The Bertz CT molecular complexity index is 829. The van der Waals surface area contributed by atoms with E-state index in [1.807, 2.05) is 59.1 Å². The fraction of sp³-hybridized carbons (Fsp3) is 0.538. The third-order valence-corrected chi connectivity index (χ3v) is 5.74. The minimum atomic E-state index is -0.133. The van der Waals surface area contributed by atoms with Crippen molar-refractivity contribution < 1.29 is 14.3 Å². The third kappa shape index (κ3) is 7.83. The van der Waals surface area contributed by atoms with Crippen LogP contribution in [0.25, 0.3) is 0 Å². The quantitative estimate of drug-likeness (QED) is 0.440. The zero-order chi connectivity index (χ0) is 23.3. The van der Waals surface area contributed by atoms with Gasteiger partial charge in [-0.1, -0.05) is 38.8 Å². The highest BCUT2D eigenvalue weighted by Crippen LogP contribution is 2.12. The Morgan fingerprint density at radius 2 is 1.69 bits per heavy atom. The van der Waals surface area contributed by atoms with Gasteiger partial charge in [-0.15, -0.1) is 0 Å². The summed E-state index contributed by atoms with van der Waals surface area (Å²) in [6.45, 7) is 6.33. The molecule has 0 saturated heterocycles. The van der Waals surface area contributed by atoms with Crippen LogP contribution in [0.3, 0.4) is 0 Å². The van der Waals surface area contributed by atoms with Crippen molar-refractivity contribution in [3.63, 3.8) is 0 Å². The average molecular weight is 442 g/mol. The lowest BCUT2D eigenvalue weighted by atomic mass is 10.1. The van der Waals surface area contributed by atoms with Gasteiger partial charge in [-0.05, 0) is 49.1 Å². The smallest absolute Gasteiger partial charge is 0.254 e. The Kier molecular flexibility index (Phi) is 11.0. The number of hydrogen-bond donors (Lipinski definition) is 0. The highest BCUT2D eigenvalue weighted by Gasteiger charge is 2.22. The van der Waals surface area contributed by atoms with Crippen LogP contribution in [0.4, 0.5) is 0 Å². The molecule has 1 aromatic carbocycles. The molecule has 1 aromatic heterocycles. The summed E-state index contributed by atoms with van der Waals surface area (Å²) in [7, 11) is 3.59. The molecule has 0 atom stereocenters. The van der Waals surface area contributed by atoms with Crippen LogP contribution in [0.5, 0.6) is 0 Å². The van der Waals surface area contributed by atoms with E-state index in [0.29, 0.717) is 31.8 Å². The van der Waals surface area contributed by atoms with Gasteiger partial charge >= 0.3 is 0 Å². The van der Waals surface area contributed by atoms with Gasteiger partial charge in [-0.25, -0.2) is 0 Å². The molecule has 2 aromatic rings. The molecule has 0 radical (unpaired) electrons. The molecule has 0 N–H and O–H groups in total. The summed E-state index contributed by atoms with van der Waals surface area (Å²) in [5.41, 5.74) is 2.92. The highest BCUT2D eigenvalue weighted by atomic mass is 16.5. The fourth-order valence-electron chi connectivity index (χ4n) is 3.59. The normalized spacial score (nSPS) is 10.9. The monoisotopic (exact) mass is 441 g/mol. The van der Waals surface area contributed by atoms with E-state index < -0.39 is 0 Å². The minimum absolute atomic E-state index is 0.0383. The first-order chi connectivity index (χ1) is 15.5. The number of amides is 2. The lowest BCUT2D eigenvalue weighted by Gasteiger charge is -2.28. The molecule has 0 aliphatic heterocycles. The van der Waals surface area contributed by atoms with Crippen molar-refractivity contribution in [2.24, 2.45) is 7.05 Å². The molecule has 0 saturated carbocycles. The lowest BCUT2D eigenvalue weighted by molar-refractivity contribution is -0.132. The minimum Gasteiger partial charge on any atom is -0.383 e. The van der Waals surface area contributed by atoms with E-state index in [0.717, 1.165) is 37.8 Å². The summed E-state index contributed by atoms with van der Waals surface area (Å²) >= 11 is 0. The fourth-order valence-corrected chi connectivity index (χ4v) is 3.59. The second-order valence-corrected chi connectivity index (χ2v) is 8.30. The van der Waals surface area contributed by atoms with Gasteiger partial charge in [-0.3, -0.25) is 9.59 Å². The van der Waals surface area contributed by atoms with Crippen molar-refractivity contribution in [2.75, 3.05) is 33.4 Å². The molecule has 0 fully saturated rings. The number of hydrogen-bond acceptors (Lipinski definition) is 3. The Morgan fingerprint density at radius 3 is 2.28 bits per heavy atom. The number of unbranched alkanes of at least 4 members (excludes halogenated alkanes) is 2. The SMILES string of the molecule is CCCCc1ccc(C(=O)N(CCOC)CC(=O)N(CCCC)Cc2cccn2C)cc1. The number of ether oxygens (including phenoxy) is 1. The Labute approximate surface area is 193 Å². The van der Waals surface area contributed by atoms with Crippen molar-refractivity contribution >= 4 is 11.8 Å². The predicted molar refractivity (Wildman–Crippen MR) is 129 cm³/mol. The number of rotatable bonds is 14. The molecule has 6 nitrogen and oxygen atoms in total. The van der Waals surface area contributed by atoms with Gasteiger partial charge in [0.1, 0.15) is 6.54 Å². The van der Waals surface area contributed by atoms with Gasteiger partial charge in [0.15, 0.2) is 0 Å². The molecule has 176 valence electrons. The second-order valence-electron chi connectivity index (χ2n) is 8.30. The molecule has 32 heavy (non-hydrogen) atoms. The first-order valence-electron chi connectivity index (χ1n) is 11.7. The molecule has 0 aliphatic carbocycles. The van der Waals surface area contributed by atoms with Crippen LogP contribution < -0.4 is 0 Å². The van der Waals surface area contributed by atoms with Gasteiger partial charge in [-0.2, -0.15) is 0 Å². The lowest BCUT2D eigenvalue weighted by Crippen LogP contribution is -2.44. The molecule has 0 unspecified atom stereocenters. The largest absolute Gasteiger partial charge is 0.383 e. The zero-order valence-corrected chi connectivity index (χ0v) is 20.2. The molecule has 0 aliphatic rings. The van der Waals surface area contributed by atoms with E-state index in [1.54, 1.807) is 12.0 Å². The van der Waals surface area contributed by atoms with Crippen LogP contribution in [-0.4, -0.2) is 59.5 Å². The van der Waals surface area contributed by atoms with Crippen LogP contribution in [-0.2, 0) is 29.5 Å². The number of carbonyl (C=O) groups is 2. The van der Waals surface area contributed by atoms with Crippen molar-refractivity contribution in [1.29, 1.82) is 0 Å². The van der Waals surface area contributed by atoms with Gasteiger partial charge < -0.3 is 19.1 Å². The van der Waals surface area contributed by atoms with Crippen molar-refractivity contribution in [1.82, 2.24) is 14.4 Å². The van der Waals surface area contributed by atoms with E-state index in [4.69, 9.17) is 4.74 Å². The summed E-state index contributed by atoms with van der Waals surface area (Å²) in [6, 6.07) is 11.8. The van der Waals surface area contributed by atoms with Crippen LogP contribution >= 0.6 is 0 Å². The number of aryl methyl sites for hydroxylation is 2. The average Bonchev–Trinajstić information content (AvgIpc) is 3.21. The first kappa shape index (κ1) is 25.7. The van der Waals surface area contributed by atoms with Crippen LogP contribution in [0.2, 0.25) is 0 Å². The Hall–Kier alpha value is -2.60. The summed E-state index contributed by atoms with van der Waals surface area (Å²) in [6.07, 6.45) is 7.22.